The summed E-state index contributed by atoms with van der Waals surface area (Å²) in [6.07, 6.45) is 2.76. The number of hydrogen-bond donors (Lipinski definition) is 2. The van der Waals surface area contributed by atoms with Crippen LogP contribution < -0.4 is 11.1 Å². The number of aromatic nitrogens is 4. The van der Waals surface area contributed by atoms with Crippen LogP contribution in [-0.4, -0.2) is 19.6 Å². The van der Waals surface area contributed by atoms with Gasteiger partial charge in [-0.15, -0.1) is 0 Å². The van der Waals surface area contributed by atoms with Crippen molar-refractivity contribution in [3.8, 4) is 0 Å². The van der Waals surface area contributed by atoms with Crippen LogP contribution >= 0.6 is 0 Å². The van der Waals surface area contributed by atoms with Crippen LogP contribution in [0.25, 0.3) is 0 Å². The molecule has 0 fully saturated rings. The van der Waals surface area contributed by atoms with E-state index < -0.39 is 0 Å². The van der Waals surface area contributed by atoms with Crippen molar-refractivity contribution in [1.82, 2.24) is 19.6 Å². The van der Waals surface area contributed by atoms with E-state index in [0.717, 1.165) is 29.3 Å². The number of hydrogen-bond acceptors (Lipinski definition) is 4. The third-order valence-electron chi connectivity index (χ3n) is 2.70. The molecule has 6 nitrogen and oxygen atoms in total. The zero-order chi connectivity index (χ0) is 12.4. The molecular weight excluding hydrogens is 216 g/mol. The second-order valence-corrected chi connectivity index (χ2v) is 4.02. The summed E-state index contributed by atoms with van der Waals surface area (Å²) in [5.41, 5.74) is 8.65. The highest BCUT2D eigenvalue weighted by Crippen LogP contribution is 2.22. The van der Waals surface area contributed by atoms with Gasteiger partial charge in [-0.05, 0) is 12.5 Å². The Kier molecular flexibility index (Phi) is 3.03. The second kappa shape index (κ2) is 4.48. The maximum absolute atomic E-state index is 6.01. The highest BCUT2D eigenvalue weighted by Gasteiger charge is 2.11. The highest BCUT2D eigenvalue weighted by molar-refractivity contribution is 5.64. The Hall–Kier alpha value is -1.98. The molecule has 0 atom stereocenters. The Bertz CT molecular complexity index is 510. The Balaban J connectivity index is 2.11. The van der Waals surface area contributed by atoms with Crippen molar-refractivity contribution in [2.75, 3.05) is 11.1 Å². The number of nitrogen functional groups attached to an aromatic ring is 1. The first-order valence-corrected chi connectivity index (χ1v) is 5.65. The maximum Gasteiger partial charge on any atom is 0.148 e. The molecule has 2 heterocycles. The van der Waals surface area contributed by atoms with Crippen LogP contribution in [0.1, 0.15) is 18.3 Å². The van der Waals surface area contributed by atoms with Crippen molar-refractivity contribution in [2.45, 2.75) is 19.9 Å². The minimum absolute atomic E-state index is 0.647. The molecular formula is C11H18N6. The van der Waals surface area contributed by atoms with Gasteiger partial charge >= 0.3 is 0 Å². The third kappa shape index (κ3) is 2.25. The lowest BCUT2D eigenvalue weighted by molar-refractivity contribution is 0.734. The first-order valence-electron chi connectivity index (χ1n) is 5.65. The van der Waals surface area contributed by atoms with E-state index in [9.17, 15) is 0 Å². The van der Waals surface area contributed by atoms with Crippen LogP contribution in [-0.2, 0) is 27.1 Å². The lowest BCUT2D eigenvalue weighted by Crippen LogP contribution is -2.07. The van der Waals surface area contributed by atoms with Gasteiger partial charge in [-0.25, -0.2) is 0 Å². The maximum atomic E-state index is 6.01. The molecule has 0 unspecified atom stereocenters. The van der Waals surface area contributed by atoms with Crippen molar-refractivity contribution < 1.29 is 0 Å². The molecule has 0 aliphatic carbocycles. The summed E-state index contributed by atoms with van der Waals surface area (Å²) < 4.78 is 3.55. The first kappa shape index (κ1) is 11.5. The van der Waals surface area contributed by atoms with E-state index in [1.807, 2.05) is 33.3 Å². The first-order chi connectivity index (χ1) is 8.11. The number of aryl methyl sites for hydroxylation is 3. The standard InChI is InChI=1S/C11H18N6/c1-4-9-10(12)11(17(3)15-9)13-7-8-5-6-16(2)14-8/h5-6,13H,4,7,12H2,1-3H3. The van der Waals surface area contributed by atoms with Crippen LogP contribution in [0.5, 0.6) is 0 Å². The highest BCUT2D eigenvalue weighted by atomic mass is 15.3. The monoisotopic (exact) mass is 234 g/mol. The summed E-state index contributed by atoms with van der Waals surface area (Å²) in [7, 11) is 3.79. The Labute approximate surface area is 100 Å². The summed E-state index contributed by atoms with van der Waals surface area (Å²) in [6, 6.07) is 1.97. The van der Waals surface area contributed by atoms with Gasteiger partial charge in [-0.1, -0.05) is 6.92 Å². The lowest BCUT2D eigenvalue weighted by Gasteiger charge is -2.05. The van der Waals surface area contributed by atoms with Crippen LogP contribution in [0, 0.1) is 0 Å². The fourth-order valence-corrected chi connectivity index (χ4v) is 1.80. The number of nitrogens with two attached hydrogens (primary N) is 1. The molecule has 17 heavy (non-hydrogen) atoms. The van der Waals surface area contributed by atoms with E-state index in [-0.39, 0.29) is 0 Å². The average molecular weight is 234 g/mol. The van der Waals surface area contributed by atoms with Gasteiger partial charge in [-0.2, -0.15) is 10.2 Å². The molecule has 0 amide bonds. The largest absolute Gasteiger partial charge is 0.394 e. The number of rotatable bonds is 4. The molecule has 0 radical (unpaired) electrons. The normalized spacial score (nSPS) is 10.8. The number of nitrogens with zero attached hydrogens (tertiary/aromatic N) is 4. The van der Waals surface area contributed by atoms with E-state index in [1.54, 1.807) is 9.36 Å². The van der Waals surface area contributed by atoms with Crippen molar-refractivity contribution in [1.29, 1.82) is 0 Å². The third-order valence-corrected chi connectivity index (χ3v) is 2.70. The molecule has 0 spiro atoms. The van der Waals surface area contributed by atoms with Crippen LogP contribution in [0.2, 0.25) is 0 Å². The molecule has 92 valence electrons. The van der Waals surface area contributed by atoms with Gasteiger partial charge in [-0.3, -0.25) is 9.36 Å². The molecule has 0 bridgehead atoms. The van der Waals surface area contributed by atoms with E-state index in [1.165, 1.54) is 0 Å². The predicted molar refractivity (Wildman–Crippen MR) is 67.5 cm³/mol. The van der Waals surface area contributed by atoms with Gasteiger partial charge in [0.1, 0.15) is 5.82 Å². The fraction of sp³-hybridized carbons (Fsp3) is 0.455. The zero-order valence-electron chi connectivity index (χ0n) is 10.4. The van der Waals surface area contributed by atoms with Gasteiger partial charge in [0.2, 0.25) is 0 Å². The Morgan fingerprint density at radius 2 is 2.12 bits per heavy atom. The van der Waals surface area contributed by atoms with Crippen molar-refractivity contribution in [3.05, 3.63) is 23.7 Å². The van der Waals surface area contributed by atoms with Crippen molar-refractivity contribution >= 4 is 11.5 Å². The van der Waals surface area contributed by atoms with E-state index >= 15 is 0 Å². The fourth-order valence-electron chi connectivity index (χ4n) is 1.80. The van der Waals surface area contributed by atoms with Crippen LogP contribution in [0.15, 0.2) is 12.3 Å². The quantitative estimate of drug-likeness (QED) is 0.824. The summed E-state index contributed by atoms with van der Waals surface area (Å²) in [4.78, 5) is 0. The smallest absolute Gasteiger partial charge is 0.148 e. The summed E-state index contributed by atoms with van der Waals surface area (Å²) in [5.74, 6) is 0.854. The van der Waals surface area contributed by atoms with Gasteiger partial charge in [0.05, 0.1) is 23.6 Å². The molecule has 3 N–H and O–H groups in total. The van der Waals surface area contributed by atoms with Gasteiger partial charge in [0, 0.05) is 20.3 Å². The van der Waals surface area contributed by atoms with Crippen molar-refractivity contribution in [3.63, 3.8) is 0 Å². The molecule has 6 heteroatoms. The topological polar surface area (TPSA) is 73.7 Å². The van der Waals surface area contributed by atoms with Crippen LogP contribution in [0.4, 0.5) is 11.5 Å². The van der Waals surface area contributed by atoms with Gasteiger partial charge in [0.15, 0.2) is 0 Å². The number of nitrogens with one attached hydrogen (secondary N) is 1. The minimum atomic E-state index is 0.647. The SMILES string of the molecule is CCc1nn(C)c(NCc2ccn(C)n2)c1N. The van der Waals surface area contributed by atoms with E-state index in [0.29, 0.717) is 6.54 Å². The zero-order valence-corrected chi connectivity index (χ0v) is 10.4. The van der Waals surface area contributed by atoms with E-state index in [4.69, 9.17) is 5.73 Å². The molecule has 0 saturated carbocycles. The van der Waals surface area contributed by atoms with Crippen LogP contribution in [0.3, 0.4) is 0 Å². The molecule has 2 aromatic heterocycles. The Morgan fingerprint density at radius 1 is 1.35 bits per heavy atom. The summed E-state index contributed by atoms with van der Waals surface area (Å²) in [6.45, 7) is 2.69. The van der Waals surface area contributed by atoms with E-state index in [2.05, 4.69) is 15.5 Å². The number of anilines is 2. The van der Waals surface area contributed by atoms with Crippen molar-refractivity contribution in [2.24, 2.45) is 14.1 Å². The molecule has 0 saturated heterocycles. The summed E-state index contributed by atoms with van der Waals surface area (Å²) in [5, 5.41) is 11.9. The molecule has 0 aliphatic rings. The molecule has 0 aromatic carbocycles. The molecule has 0 aliphatic heterocycles. The second-order valence-electron chi connectivity index (χ2n) is 4.02. The minimum Gasteiger partial charge on any atom is -0.394 e. The van der Waals surface area contributed by atoms with Gasteiger partial charge in [0.25, 0.3) is 0 Å². The predicted octanol–water partition coefficient (Wildman–Crippen LogP) is 0.910. The summed E-state index contributed by atoms with van der Waals surface area (Å²) >= 11 is 0. The van der Waals surface area contributed by atoms with Gasteiger partial charge < -0.3 is 11.1 Å². The molecule has 2 rings (SSSR count). The lowest BCUT2D eigenvalue weighted by atomic mass is 10.3. The Morgan fingerprint density at radius 3 is 2.65 bits per heavy atom. The molecule has 2 aromatic rings. The average Bonchev–Trinajstić information content (AvgIpc) is 2.82.